The van der Waals surface area contributed by atoms with E-state index in [2.05, 4.69) is 15.3 Å². The summed E-state index contributed by atoms with van der Waals surface area (Å²) < 4.78 is 5.57. The molecule has 1 aliphatic carbocycles. The lowest BCUT2D eigenvalue weighted by atomic mass is 9.70. The molecule has 1 amide bonds. The molecule has 3 N–H and O–H groups in total. The van der Waals surface area contributed by atoms with E-state index in [1.54, 1.807) is 13.2 Å². The first-order valence-electron chi connectivity index (χ1n) is 8.89. The largest absolute Gasteiger partial charge is 0.552 e. The Hall–Kier alpha value is -2.28. The minimum atomic E-state index is -0.927. The van der Waals surface area contributed by atoms with Gasteiger partial charge in [-0.1, -0.05) is 0 Å². The number of carbonyl (C=O) groups excluding carboxylic acids is 1. The maximum atomic E-state index is 11.6. The first-order valence-corrected chi connectivity index (χ1v) is 8.89. The van der Waals surface area contributed by atoms with Crippen LogP contribution in [0.2, 0.25) is 0 Å². The zero-order valence-electron chi connectivity index (χ0n) is 14.3. The number of nitrogens with one attached hydrogen (secondary N) is 2. The highest BCUT2D eigenvalue weighted by atomic mass is 16.5. The smallest absolute Gasteiger partial charge is 0.531 e. The molecule has 0 aromatic carbocycles. The first kappa shape index (κ1) is 16.2. The van der Waals surface area contributed by atoms with E-state index in [1.165, 1.54) is 0 Å². The van der Waals surface area contributed by atoms with Crippen LogP contribution in [-0.2, 0) is 4.79 Å². The highest BCUT2D eigenvalue weighted by molar-refractivity contribution is 6.52. The summed E-state index contributed by atoms with van der Waals surface area (Å²) in [6, 6.07) is 2.01. The number of aromatic nitrogens is 2. The fourth-order valence-electron chi connectivity index (χ4n) is 4.16. The molecular weight excluding hydrogens is 317 g/mol. The van der Waals surface area contributed by atoms with Gasteiger partial charge in [0.05, 0.1) is 6.20 Å². The molecule has 130 valence electrons. The summed E-state index contributed by atoms with van der Waals surface area (Å²) >= 11 is 0. The zero-order valence-corrected chi connectivity index (χ0v) is 14.3. The van der Waals surface area contributed by atoms with E-state index in [1.807, 2.05) is 18.2 Å². The predicted octanol–water partition coefficient (Wildman–Crippen LogP) is 2.30. The molecule has 0 radical (unpaired) electrons. The number of nitrogens with zero attached hydrogens (tertiary/aromatic N) is 1. The van der Waals surface area contributed by atoms with Gasteiger partial charge in [-0.25, -0.2) is 4.98 Å². The van der Waals surface area contributed by atoms with Gasteiger partial charge in [-0.15, -0.1) is 0 Å². The molecule has 4 rings (SSSR count). The van der Waals surface area contributed by atoms with Gasteiger partial charge in [-0.2, -0.15) is 0 Å². The molecule has 0 unspecified atom stereocenters. The molecule has 1 fully saturated rings. The molecule has 2 aliphatic rings. The number of pyridine rings is 1. The lowest BCUT2D eigenvalue weighted by molar-refractivity contribution is -0.121. The summed E-state index contributed by atoms with van der Waals surface area (Å²) in [5, 5.41) is 13.8. The Morgan fingerprint density at radius 2 is 2.24 bits per heavy atom. The van der Waals surface area contributed by atoms with Gasteiger partial charge in [0, 0.05) is 30.6 Å². The van der Waals surface area contributed by atoms with Crippen LogP contribution >= 0.6 is 0 Å². The average Bonchev–Trinajstić information content (AvgIpc) is 3.10. The van der Waals surface area contributed by atoms with Crippen molar-refractivity contribution in [2.24, 2.45) is 11.8 Å². The van der Waals surface area contributed by atoms with E-state index in [9.17, 15) is 9.82 Å². The molecule has 2 aromatic heterocycles. The van der Waals surface area contributed by atoms with Crippen molar-refractivity contribution in [3.8, 4) is 5.75 Å². The molecular formula is C18H22BN3O3. The second kappa shape index (κ2) is 6.56. The SMILES string of the molecule is CNC(=O)CC1CCC(C2=CB(O)Oc3cnc4[nH]ccc4c32)CC1. The fourth-order valence-corrected chi connectivity index (χ4v) is 4.16. The van der Waals surface area contributed by atoms with Gasteiger partial charge >= 0.3 is 7.12 Å². The Balaban J connectivity index is 1.59. The number of H-pyrrole nitrogens is 1. The topological polar surface area (TPSA) is 87.2 Å². The Morgan fingerprint density at radius 3 is 3.00 bits per heavy atom. The molecule has 25 heavy (non-hydrogen) atoms. The summed E-state index contributed by atoms with van der Waals surface area (Å²) in [4.78, 5) is 19.1. The Labute approximate surface area is 146 Å². The lowest BCUT2D eigenvalue weighted by Crippen LogP contribution is -2.28. The monoisotopic (exact) mass is 339 g/mol. The summed E-state index contributed by atoms with van der Waals surface area (Å²) in [5.74, 6) is 3.42. The third-order valence-corrected chi connectivity index (χ3v) is 5.45. The maximum absolute atomic E-state index is 11.6. The molecule has 3 heterocycles. The molecule has 0 spiro atoms. The van der Waals surface area contributed by atoms with Gasteiger partial charge in [0.25, 0.3) is 0 Å². The number of amides is 1. The van der Waals surface area contributed by atoms with Gasteiger partial charge in [0.15, 0.2) is 0 Å². The van der Waals surface area contributed by atoms with Crippen molar-refractivity contribution in [2.75, 3.05) is 7.05 Å². The van der Waals surface area contributed by atoms with Gasteiger partial charge in [-0.05, 0) is 55.1 Å². The van der Waals surface area contributed by atoms with E-state index >= 15 is 0 Å². The van der Waals surface area contributed by atoms with Gasteiger partial charge < -0.3 is 20.0 Å². The van der Waals surface area contributed by atoms with Crippen LogP contribution in [0.4, 0.5) is 0 Å². The third-order valence-electron chi connectivity index (χ3n) is 5.45. The van der Waals surface area contributed by atoms with E-state index in [4.69, 9.17) is 4.65 Å². The van der Waals surface area contributed by atoms with Crippen molar-refractivity contribution in [1.29, 1.82) is 0 Å². The second-order valence-electron chi connectivity index (χ2n) is 6.96. The molecule has 0 saturated heterocycles. The second-order valence-corrected chi connectivity index (χ2v) is 6.96. The number of rotatable bonds is 3. The predicted molar refractivity (Wildman–Crippen MR) is 96.8 cm³/mol. The van der Waals surface area contributed by atoms with Crippen LogP contribution < -0.4 is 9.97 Å². The Bertz CT molecular complexity index is 824. The van der Waals surface area contributed by atoms with Crippen LogP contribution in [0, 0.1) is 11.8 Å². The number of hydrogen-bond acceptors (Lipinski definition) is 4. The van der Waals surface area contributed by atoms with Crippen LogP contribution in [0.25, 0.3) is 16.6 Å². The van der Waals surface area contributed by atoms with E-state index in [0.29, 0.717) is 24.0 Å². The van der Waals surface area contributed by atoms with Crippen LogP contribution in [0.15, 0.2) is 24.4 Å². The van der Waals surface area contributed by atoms with Gasteiger partial charge in [0.2, 0.25) is 5.91 Å². The number of aromatic amines is 1. The summed E-state index contributed by atoms with van der Waals surface area (Å²) in [7, 11) is 0.763. The normalized spacial score (nSPS) is 23.0. The standard InChI is InChI=1S/C18H22BN3O3/c1-20-16(23)8-11-2-4-12(5-3-11)14-9-19(24)25-15-10-22-18-13(17(14)15)6-7-21-18/h6-7,9-12,24H,2-5,8H2,1H3,(H,20,23)(H,21,22). The molecule has 0 bridgehead atoms. The summed E-state index contributed by atoms with van der Waals surface area (Å²) in [6.45, 7) is 0. The van der Waals surface area contributed by atoms with Crippen molar-refractivity contribution >= 4 is 29.6 Å². The number of hydrogen-bond donors (Lipinski definition) is 3. The summed E-state index contributed by atoms with van der Waals surface area (Å²) in [6.07, 6.45) is 8.27. The highest BCUT2D eigenvalue weighted by Gasteiger charge is 2.33. The van der Waals surface area contributed by atoms with Crippen molar-refractivity contribution in [3.05, 3.63) is 30.0 Å². The minimum Gasteiger partial charge on any atom is -0.531 e. The van der Waals surface area contributed by atoms with E-state index in [-0.39, 0.29) is 5.91 Å². The van der Waals surface area contributed by atoms with Crippen LogP contribution in [0.5, 0.6) is 5.75 Å². The fraction of sp³-hybridized carbons (Fsp3) is 0.444. The van der Waals surface area contributed by atoms with Crippen molar-refractivity contribution in [3.63, 3.8) is 0 Å². The molecule has 1 aliphatic heterocycles. The van der Waals surface area contributed by atoms with Gasteiger partial charge in [0.1, 0.15) is 11.4 Å². The summed E-state index contributed by atoms with van der Waals surface area (Å²) in [5.41, 5.74) is 3.03. The van der Waals surface area contributed by atoms with Crippen LogP contribution in [0.3, 0.4) is 0 Å². The highest BCUT2D eigenvalue weighted by Crippen LogP contribution is 2.45. The molecule has 6 nitrogen and oxygen atoms in total. The third kappa shape index (κ3) is 3.04. The van der Waals surface area contributed by atoms with E-state index in [0.717, 1.165) is 47.9 Å². The first-order chi connectivity index (χ1) is 12.2. The maximum Gasteiger partial charge on any atom is 0.552 e. The minimum absolute atomic E-state index is 0.120. The molecule has 1 saturated carbocycles. The van der Waals surface area contributed by atoms with Crippen LogP contribution in [0.1, 0.15) is 37.7 Å². The van der Waals surface area contributed by atoms with Crippen molar-refractivity contribution in [2.45, 2.75) is 32.1 Å². The number of carbonyl (C=O) groups is 1. The Kier molecular flexibility index (Phi) is 4.25. The van der Waals surface area contributed by atoms with Crippen LogP contribution in [-0.4, -0.2) is 35.1 Å². The lowest BCUT2D eigenvalue weighted by Gasteiger charge is -2.32. The van der Waals surface area contributed by atoms with E-state index < -0.39 is 7.12 Å². The zero-order chi connectivity index (χ0) is 17.4. The van der Waals surface area contributed by atoms with Crippen molar-refractivity contribution in [1.82, 2.24) is 15.3 Å². The van der Waals surface area contributed by atoms with Gasteiger partial charge in [-0.3, -0.25) is 4.79 Å². The number of fused-ring (bicyclic) bond motifs is 3. The quantitative estimate of drug-likeness (QED) is 0.749. The average molecular weight is 339 g/mol. The molecule has 0 atom stereocenters. The Morgan fingerprint density at radius 1 is 1.44 bits per heavy atom. The van der Waals surface area contributed by atoms with Crippen molar-refractivity contribution < 1.29 is 14.5 Å². The molecule has 2 aromatic rings. The molecule has 7 heteroatoms. The number of allylic oxidation sites excluding steroid dienone is 1.